The van der Waals surface area contributed by atoms with Gasteiger partial charge < -0.3 is 9.88 Å². The summed E-state index contributed by atoms with van der Waals surface area (Å²) in [5.74, 6) is 0.673. The van der Waals surface area contributed by atoms with Gasteiger partial charge >= 0.3 is 0 Å². The van der Waals surface area contributed by atoms with Crippen molar-refractivity contribution in [2.75, 3.05) is 6.54 Å². The average molecular weight is 264 g/mol. The van der Waals surface area contributed by atoms with Crippen LogP contribution in [0, 0.1) is 12.8 Å². The van der Waals surface area contributed by atoms with E-state index in [4.69, 9.17) is 0 Å². The molecule has 0 unspecified atom stereocenters. The van der Waals surface area contributed by atoms with Gasteiger partial charge in [-0.15, -0.1) is 11.3 Å². The highest BCUT2D eigenvalue weighted by Gasteiger charge is 2.02. The molecule has 0 aliphatic heterocycles. The third-order valence-corrected chi connectivity index (χ3v) is 3.45. The van der Waals surface area contributed by atoms with Gasteiger partial charge in [-0.05, 0) is 19.4 Å². The van der Waals surface area contributed by atoms with Gasteiger partial charge in [0.2, 0.25) is 0 Å². The number of hydrogen-bond acceptors (Lipinski definition) is 4. The van der Waals surface area contributed by atoms with Gasteiger partial charge in [0.05, 0.1) is 23.6 Å². The Morgan fingerprint density at radius 3 is 2.89 bits per heavy atom. The SMILES string of the molecule is Cc1ncc(Cn2cnc(CNCC(C)C)c2)s1. The first-order valence-corrected chi connectivity index (χ1v) is 7.08. The Morgan fingerprint density at radius 2 is 2.22 bits per heavy atom. The standard InChI is InChI=1S/C13H20N4S/c1-10(2)4-14-5-12-7-17(9-16-12)8-13-6-15-11(3)18-13/h6-7,9-10,14H,4-5,8H2,1-3H3. The van der Waals surface area contributed by atoms with Crippen LogP contribution in [0.15, 0.2) is 18.7 Å². The lowest BCUT2D eigenvalue weighted by Crippen LogP contribution is -2.19. The van der Waals surface area contributed by atoms with Gasteiger partial charge in [0.25, 0.3) is 0 Å². The number of nitrogens with one attached hydrogen (secondary N) is 1. The molecule has 4 nitrogen and oxygen atoms in total. The fraction of sp³-hybridized carbons (Fsp3) is 0.538. The molecule has 0 spiro atoms. The molecule has 0 saturated heterocycles. The molecule has 0 saturated carbocycles. The van der Waals surface area contributed by atoms with Crippen molar-refractivity contribution in [2.45, 2.75) is 33.9 Å². The number of thiazole rings is 1. The second-order valence-corrected chi connectivity index (χ2v) is 6.23. The second kappa shape index (κ2) is 6.11. The van der Waals surface area contributed by atoms with Crippen LogP contribution in [0.5, 0.6) is 0 Å². The average Bonchev–Trinajstić information content (AvgIpc) is 2.89. The number of imidazole rings is 1. The Balaban J connectivity index is 1.86. The Bertz CT molecular complexity index is 487. The van der Waals surface area contributed by atoms with E-state index in [9.17, 15) is 0 Å². The molecule has 1 N–H and O–H groups in total. The molecular weight excluding hydrogens is 244 g/mol. The third kappa shape index (κ3) is 3.92. The molecule has 2 aromatic heterocycles. The minimum atomic E-state index is 0.673. The van der Waals surface area contributed by atoms with Crippen LogP contribution in [-0.2, 0) is 13.1 Å². The quantitative estimate of drug-likeness (QED) is 0.871. The molecule has 2 heterocycles. The topological polar surface area (TPSA) is 42.7 Å². The van der Waals surface area contributed by atoms with Gasteiger partial charge in [-0.2, -0.15) is 0 Å². The van der Waals surface area contributed by atoms with Gasteiger partial charge in [-0.3, -0.25) is 0 Å². The molecule has 0 aromatic carbocycles. The zero-order valence-electron chi connectivity index (χ0n) is 11.2. The predicted molar refractivity (Wildman–Crippen MR) is 74.7 cm³/mol. The van der Waals surface area contributed by atoms with Crippen LogP contribution in [0.2, 0.25) is 0 Å². The van der Waals surface area contributed by atoms with E-state index in [1.165, 1.54) is 4.88 Å². The molecule has 0 bridgehead atoms. The summed E-state index contributed by atoms with van der Waals surface area (Å²) >= 11 is 1.74. The molecule has 0 radical (unpaired) electrons. The zero-order valence-corrected chi connectivity index (χ0v) is 12.0. The summed E-state index contributed by atoms with van der Waals surface area (Å²) in [4.78, 5) is 9.93. The highest BCUT2D eigenvalue weighted by Crippen LogP contribution is 2.13. The predicted octanol–water partition coefficient (Wildman–Crippen LogP) is 2.44. The van der Waals surface area contributed by atoms with Gasteiger partial charge in [0.1, 0.15) is 0 Å². The molecule has 2 rings (SSSR count). The van der Waals surface area contributed by atoms with Crippen LogP contribution in [0.25, 0.3) is 0 Å². The Morgan fingerprint density at radius 1 is 1.39 bits per heavy atom. The Hall–Kier alpha value is -1.20. The summed E-state index contributed by atoms with van der Waals surface area (Å²) in [6.07, 6.45) is 5.93. The summed E-state index contributed by atoms with van der Waals surface area (Å²) in [5.41, 5.74) is 1.09. The largest absolute Gasteiger partial charge is 0.332 e. The molecule has 2 aromatic rings. The van der Waals surface area contributed by atoms with Crippen LogP contribution >= 0.6 is 11.3 Å². The maximum absolute atomic E-state index is 4.40. The smallest absolute Gasteiger partial charge is 0.0953 e. The minimum absolute atomic E-state index is 0.673. The van der Waals surface area contributed by atoms with Crippen molar-refractivity contribution in [3.8, 4) is 0 Å². The minimum Gasteiger partial charge on any atom is -0.332 e. The van der Waals surface area contributed by atoms with Crippen molar-refractivity contribution in [3.63, 3.8) is 0 Å². The number of aryl methyl sites for hydroxylation is 1. The molecule has 5 heteroatoms. The van der Waals surface area contributed by atoms with Crippen LogP contribution in [0.3, 0.4) is 0 Å². The van der Waals surface area contributed by atoms with E-state index >= 15 is 0 Å². The number of aromatic nitrogens is 3. The molecule has 0 atom stereocenters. The zero-order chi connectivity index (χ0) is 13.0. The molecule has 0 aliphatic rings. The first-order chi connectivity index (χ1) is 8.63. The number of hydrogen-bond donors (Lipinski definition) is 1. The van der Waals surface area contributed by atoms with E-state index in [1.807, 2.05) is 19.4 Å². The first-order valence-electron chi connectivity index (χ1n) is 6.26. The summed E-state index contributed by atoms with van der Waals surface area (Å²) in [7, 11) is 0. The van der Waals surface area contributed by atoms with E-state index < -0.39 is 0 Å². The second-order valence-electron chi connectivity index (χ2n) is 4.91. The van der Waals surface area contributed by atoms with E-state index in [0.717, 1.165) is 30.3 Å². The lowest BCUT2D eigenvalue weighted by molar-refractivity contribution is 0.548. The summed E-state index contributed by atoms with van der Waals surface area (Å²) < 4.78 is 2.11. The number of rotatable bonds is 6. The van der Waals surface area contributed by atoms with Crippen molar-refractivity contribution in [3.05, 3.63) is 34.3 Å². The number of nitrogens with zero attached hydrogens (tertiary/aromatic N) is 3. The molecule has 0 amide bonds. The van der Waals surface area contributed by atoms with Crippen LogP contribution in [0.1, 0.15) is 29.4 Å². The van der Waals surface area contributed by atoms with Crippen molar-refractivity contribution in [1.29, 1.82) is 0 Å². The highest BCUT2D eigenvalue weighted by atomic mass is 32.1. The summed E-state index contributed by atoms with van der Waals surface area (Å²) in [5, 5.41) is 4.51. The van der Waals surface area contributed by atoms with Gasteiger partial charge in [-0.25, -0.2) is 9.97 Å². The molecular formula is C13H20N4S. The fourth-order valence-corrected chi connectivity index (χ4v) is 2.54. The van der Waals surface area contributed by atoms with Crippen LogP contribution < -0.4 is 5.32 Å². The van der Waals surface area contributed by atoms with Crippen molar-refractivity contribution >= 4 is 11.3 Å². The molecule has 18 heavy (non-hydrogen) atoms. The molecule has 0 fully saturated rings. The third-order valence-electron chi connectivity index (χ3n) is 2.55. The Kier molecular flexibility index (Phi) is 4.49. The van der Waals surface area contributed by atoms with Crippen molar-refractivity contribution in [1.82, 2.24) is 19.9 Å². The molecule has 98 valence electrons. The van der Waals surface area contributed by atoms with Crippen molar-refractivity contribution in [2.24, 2.45) is 5.92 Å². The highest BCUT2D eigenvalue weighted by molar-refractivity contribution is 7.11. The Labute approximate surface area is 112 Å². The van der Waals surface area contributed by atoms with E-state index in [2.05, 4.69) is 39.9 Å². The summed E-state index contributed by atoms with van der Waals surface area (Å²) in [6, 6.07) is 0. The normalized spacial score (nSPS) is 11.3. The van der Waals surface area contributed by atoms with E-state index in [1.54, 1.807) is 11.3 Å². The monoisotopic (exact) mass is 264 g/mol. The van der Waals surface area contributed by atoms with Crippen molar-refractivity contribution < 1.29 is 0 Å². The fourth-order valence-electron chi connectivity index (χ4n) is 1.73. The maximum atomic E-state index is 4.40. The van der Waals surface area contributed by atoms with Crippen LogP contribution in [-0.4, -0.2) is 21.1 Å². The van der Waals surface area contributed by atoms with E-state index in [-0.39, 0.29) is 0 Å². The summed E-state index contributed by atoms with van der Waals surface area (Å²) in [6.45, 7) is 9.18. The van der Waals surface area contributed by atoms with Gasteiger partial charge in [-0.1, -0.05) is 13.8 Å². The van der Waals surface area contributed by atoms with Crippen LogP contribution in [0.4, 0.5) is 0 Å². The first kappa shape index (κ1) is 13.2. The van der Waals surface area contributed by atoms with E-state index in [0.29, 0.717) is 5.92 Å². The van der Waals surface area contributed by atoms with Gasteiger partial charge in [0, 0.05) is 23.8 Å². The lowest BCUT2D eigenvalue weighted by Gasteiger charge is -2.04. The maximum Gasteiger partial charge on any atom is 0.0953 e. The van der Waals surface area contributed by atoms with Gasteiger partial charge in [0.15, 0.2) is 0 Å². The molecule has 0 aliphatic carbocycles. The lowest BCUT2D eigenvalue weighted by atomic mass is 10.2.